The van der Waals surface area contributed by atoms with Crippen LogP contribution in [-0.4, -0.2) is 48.6 Å². The highest BCUT2D eigenvalue weighted by Crippen LogP contribution is 2.12. The van der Waals surface area contributed by atoms with Gasteiger partial charge in [-0.2, -0.15) is 0 Å². The van der Waals surface area contributed by atoms with Crippen LogP contribution in [0.4, 0.5) is 0 Å². The van der Waals surface area contributed by atoms with Crippen LogP contribution >= 0.6 is 0 Å². The topological polar surface area (TPSA) is 93.1 Å². The Balaban J connectivity index is 2.52. The molecule has 2 N–H and O–H groups in total. The van der Waals surface area contributed by atoms with Crippen LogP contribution < -0.4 is 0 Å². The number of aliphatic hydroxyl groups excluding tert-OH is 2. The minimum absolute atomic E-state index is 0.126. The highest BCUT2D eigenvalue weighted by molar-refractivity contribution is 5.95. The molecule has 1 aromatic rings. The van der Waals surface area contributed by atoms with E-state index in [2.05, 4.69) is 0 Å². The number of benzene rings is 1. The first kappa shape index (κ1) is 22.1. The van der Waals surface area contributed by atoms with Crippen molar-refractivity contribution in [2.75, 3.05) is 26.4 Å². The van der Waals surface area contributed by atoms with Gasteiger partial charge in [0.05, 0.1) is 24.3 Å². The number of hydrogen-bond acceptors (Lipinski definition) is 6. The van der Waals surface area contributed by atoms with Crippen LogP contribution in [0.3, 0.4) is 0 Å². The lowest BCUT2D eigenvalue weighted by molar-refractivity contribution is 0.0438. The highest BCUT2D eigenvalue weighted by Gasteiger charge is 2.14. The van der Waals surface area contributed by atoms with Gasteiger partial charge in [0.15, 0.2) is 0 Å². The monoisotopic (exact) mass is 366 g/mol. The van der Waals surface area contributed by atoms with Gasteiger partial charge in [0.2, 0.25) is 0 Å². The average molecular weight is 366 g/mol. The predicted octanol–water partition coefficient (Wildman–Crippen LogP) is 2.82. The summed E-state index contributed by atoms with van der Waals surface area (Å²) in [6.45, 7) is 4.71. The second-order valence-corrected chi connectivity index (χ2v) is 6.72. The molecule has 6 nitrogen and oxygen atoms in total. The Morgan fingerprint density at radius 2 is 1.31 bits per heavy atom. The Morgan fingerprint density at radius 3 is 1.69 bits per heavy atom. The van der Waals surface area contributed by atoms with Gasteiger partial charge in [0.1, 0.15) is 0 Å². The molecule has 0 amide bonds. The molecule has 2 atom stereocenters. The number of ether oxygens (including phenoxy) is 2. The maximum atomic E-state index is 12.1. The van der Waals surface area contributed by atoms with Crippen molar-refractivity contribution in [1.29, 1.82) is 0 Å². The zero-order valence-corrected chi connectivity index (χ0v) is 15.6. The number of rotatable bonds is 12. The lowest BCUT2D eigenvalue weighted by Gasteiger charge is -2.13. The van der Waals surface area contributed by atoms with Crippen molar-refractivity contribution in [3.05, 3.63) is 35.4 Å². The van der Waals surface area contributed by atoms with Crippen LogP contribution in [0.15, 0.2) is 24.3 Å². The van der Waals surface area contributed by atoms with Crippen molar-refractivity contribution in [2.45, 2.75) is 39.5 Å². The molecule has 0 spiro atoms. The molecule has 0 saturated heterocycles. The van der Waals surface area contributed by atoms with E-state index < -0.39 is 11.9 Å². The Bertz CT molecular complexity index is 512. The second-order valence-electron chi connectivity index (χ2n) is 6.72. The van der Waals surface area contributed by atoms with Gasteiger partial charge in [-0.05, 0) is 55.7 Å². The molecule has 1 aromatic carbocycles. The van der Waals surface area contributed by atoms with Gasteiger partial charge in [-0.25, -0.2) is 9.59 Å². The number of aliphatic hydroxyl groups is 2. The molecule has 0 aliphatic rings. The maximum absolute atomic E-state index is 12.1. The van der Waals surface area contributed by atoms with Crippen molar-refractivity contribution < 1.29 is 29.3 Å². The fraction of sp³-hybridized carbons (Fsp3) is 0.600. The molecule has 2 unspecified atom stereocenters. The number of hydrogen-bond donors (Lipinski definition) is 2. The first-order chi connectivity index (χ1) is 12.5. The Kier molecular flexibility index (Phi) is 10.6. The molecule has 1 rings (SSSR count). The highest BCUT2D eigenvalue weighted by atomic mass is 16.5. The number of carbonyl (C=O) groups excluding carboxylic acids is 2. The first-order valence-corrected chi connectivity index (χ1v) is 9.14. The maximum Gasteiger partial charge on any atom is 0.338 e. The summed E-state index contributed by atoms with van der Waals surface area (Å²) in [5, 5.41) is 17.6. The summed E-state index contributed by atoms with van der Waals surface area (Å²) in [4.78, 5) is 24.3. The van der Waals surface area contributed by atoms with Crippen LogP contribution in [0.1, 0.15) is 60.2 Å². The molecule has 0 saturated carbocycles. The number of carbonyl (C=O) groups is 2. The first-order valence-electron chi connectivity index (χ1n) is 9.14. The van der Waals surface area contributed by atoms with Crippen molar-refractivity contribution in [3.63, 3.8) is 0 Å². The van der Waals surface area contributed by atoms with Gasteiger partial charge in [0, 0.05) is 13.2 Å². The SMILES string of the molecule is CC(CCCO)COC(=O)c1cccc(C(=O)OCC(C)CCCO)c1. The van der Waals surface area contributed by atoms with Crippen LogP contribution in [0, 0.1) is 11.8 Å². The van der Waals surface area contributed by atoms with E-state index in [0.29, 0.717) is 24.0 Å². The van der Waals surface area contributed by atoms with Crippen LogP contribution in [0.5, 0.6) is 0 Å². The van der Waals surface area contributed by atoms with E-state index in [-0.39, 0.29) is 38.3 Å². The van der Waals surface area contributed by atoms with Gasteiger partial charge in [-0.3, -0.25) is 0 Å². The van der Waals surface area contributed by atoms with Gasteiger partial charge < -0.3 is 19.7 Å². The van der Waals surface area contributed by atoms with Gasteiger partial charge in [-0.15, -0.1) is 0 Å². The molecule has 0 bridgehead atoms. The smallest absolute Gasteiger partial charge is 0.338 e. The Hall–Kier alpha value is -1.92. The fourth-order valence-electron chi connectivity index (χ4n) is 2.42. The molecule has 0 aromatic heterocycles. The quantitative estimate of drug-likeness (QED) is 0.553. The average Bonchev–Trinajstić information content (AvgIpc) is 2.66. The number of esters is 2. The van der Waals surface area contributed by atoms with E-state index in [1.165, 1.54) is 6.07 Å². The molecular weight excluding hydrogens is 336 g/mol. The summed E-state index contributed by atoms with van der Waals surface area (Å²) >= 11 is 0. The third-order valence-corrected chi connectivity index (χ3v) is 4.04. The molecular formula is C20H30O6. The van der Waals surface area contributed by atoms with E-state index in [9.17, 15) is 9.59 Å². The zero-order valence-electron chi connectivity index (χ0n) is 15.6. The van der Waals surface area contributed by atoms with Crippen molar-refractivity contribution in [1.82, 2.24) is 0 Å². The standard InChI is InChI=1S/C20H30O6/c1-15(6-4-10-21)13-25-19(23)17-8-3-9-18(12-17)20(24)26-14-16(2)7-5-11-22/h3,8-9,12,15-16,21-22H,4-7,10-11,13-14H2,1-2H3. The van der Waals surface area contributed by atoms with E-state index in [1.54, 1.807) is 18.2 Å². The molecule has 146 valence electrons. The second kappa shape index (κ2) is 12.4. The van der Waals surface area contributed by atoms with Gasteiger partial charge in [0.25, 0.3) is 0 Å². The lowest BCUT2D eigenvalue weighted by atomic mass is 10.1. The Labute approximate surface area is 155 Å². The molecule has 6 heteroatoms. The summed E-state index contributed by atoms with van der Waals surface area (Å²) < 4.78 is 10.5. The van der Waals surface area contributed by atoms with Crippen LogP contribution in [0.25, 0.3) is 0 Å². The van der Waals surface area contributed by atoms with E-state index >= 15 is 0 Å². The summed E-state index contributed by atoms with van der Waals surface area (Å²) in [7, 11) is 0. The van der Waals surface area contributed by atoms with Crippen LogP contribution in [-0.2, 0) is 9.47 Å². The summed E-state index contributed by atoms with van der Waals surface area (Å²) in [6, 6.07) is 6.29. The largest absolute Gasteiger partial charge is 0.462 e. The van der Waals surface area contributed by atoms with Gasteiger partial charge in [-0.1, -0.05) is 19.9 Å². The summed E-state index contributed by atoms with van der Waals surface area (Å²) in [6.07, 6.45) is 2.92. The molecule has 0 radical (unpaired) electrons. The minimum atomic E-state index is -0.480. The summed E-state index contributed by atoms with van der Waals surface area (Å²) in [5.74, 6) is -0.627. The van der Waals surface area contributed by atoms with Crippen molar-refractivity contribution >= 4 is 11.9 Å². The van der Waals surface area contributed by atoms with E-state index in [1.807, 2.05) is 13.8 Å². The lowest BCUT2D eigenvalue weighted by Crippen LogP contribution is -2.15. The van der Waals surface area contributed by atoms with E-state index in [4.69, 9.17) is 19.7 Å². The predicted molar refractivity (Wildman–Crippen MR) is 98.0 cm³/mol. The zero-order chi connectivity index (χ0) is 19.4. The van der Waals surface area contributed by atoms with Crippen LogP contribution in [0.2, 0.25) is 0 Å². The molecule has 0 fully saturated rings. The third kappa shape index (κ3) is 8.45. The van der Waals surface area contributed by atoms with Crippen molar-refractivity contribution in [2.24, 2.45) is 11.8 Å². The van der Waals surface area contributed by atoms with E-state index in [0.717, 1.165) is 12.8 Å². The minimum Gasteiger partial charge on any atom is -0.462 e. The van der Waals surface area contributed by atoms with Crippen molar-refractivity contribution in [3.8, 4) is 0 Å². The van der Waals surface area contributed by atoms with Gasteiger partial charge >= 0.3 is 11.9 Å². The molecule has 26 heavy (non-hydrogen) atoms. The normalized spacial score (nSPS) is 13.1. The third-order valence-electron chi connectivity index (χ3n) is 4.04. The molecule has 0 aliphatic heterocycles. The molecule has 0 aliphatic carbocycles. The summed E-state index contributed by atoms with van der Waals surface area (Å²) in [5.41, 5.74) is 0.615. The molecule has 0 heterocycles. The Morgan fingerprint density at radius 1 is 0.885 bits per heavy atom. The fourth-order valence-corrected chi connectivity index (χ4v) is 2.42.